The SMILES string of the molecule is C[C@H](Sc1nnc(C2CC2)n1CCC(N)=O)C(=O)C12CC3CC(CC(C3)C1)C2. The van der Waals surface area contributed by atoms with Gasteiger partial charge in [0, 0.05) is 24.3 Å². The summed E-state index contributed by atoms with van der Waals surface area (Å²) in [6.45, 7) is 2.55. The summed E-state index contributed by atoms with van der Waals surface area (Å²) in [6, 6.07) is 0. The summed E-state index contributed by atoms with van der Waals surface area (Å²) >= 11 is 1.53. The average Bonchev–Trinajstić information content (AvgIpc) is 3.40. The monoisotopic (exact) mass is 402 g/mol. The molecule has 2 N–H and O–H groups in total. The van der Waals surface area contributed by atoms with Crippen LogP contribution in [0.5, 0.6) is 0 Å². The van der Waals surface area contributed by atoms with Crippen molar-refractivity contribution in [2.45, 2.75) is 87.6 Å². The molecule has 6 rings (SSSR count). The molecule has 1 atom stereocenters. The summed E-state index contributed by atoms with van der Waals surface area (Å²) in [7, 11) is 0. The zero-order chi connectivity index (χ0) is 19.5. The number of ketones is 1. The van der Waals surface area contributed by atoms with Crippen molar-refractivity contribution in [1.29, 1.82) is 0 Å². The predicted molar refractivity (Wildman–Crippen MR) is 107 cm³/mol. The van der Waals surface area contributed by atoms with Crippen LogP contribution in [0.3, 0.4) is 0 Å². The molecule has 0 saturated heterocycles. The van der Waals surface area contributed by atoms with E-state index in [0.29, 0.717) is 18.2 Å². The summed E-state index contributed by atoms with van der Waals surface area (Å²) in [6.07, 6.45) is 9.88. The Morgan fingerprint density at radius 3 is 2.29 bits per heavy atom. The Morgan fingerprint density at radius 2 is 1.75 bits per heavy atom. The summed E-state index contributed by atoms with van der Waals surface area (Å²) in [4.78, 5) is 24.9. The van der Waals surface area contributed by atoms with Crippen LogP contribution < -0.4 is 5.73 Å². The molecule has 28 heavy (non-hydrogen) atoms. The van der Waals surface area contributed by atoms with Gasteiger partial charge in [0.05, 0.1) is 5.25 Å². The topological polar surface area (TPSA) is 90.9 Å². The maximum absolute atomic E-state index is 13.6. The first kappa shape index (κ1) is 18.6. The molecule has 5 saturated carbocycles. The molecule has 4 bridgehead atoms. The normalized spacial score (nSPS) is 34.5. The first-order valence-electron chi connectivity index (χ1n) is 10.9. The van der Waals surface area contributed by atoms with Gasteiger partial charge in [0.15, 0.2) is 10.9 Å². The highest BCUT2D eigenvalue weighted by Gasteiger charge is 2.55. The van der Waals surface area contributed by atoms with Crippen molar-refractivity contribution < 1.29 is 9.59 Å². The molecule has 1 aromatic heterocycles. The number of primary amides is 1. The number of nitrogens with zero attached hydrogens (tertiary/aromatic N) is 3. The molecular weight excluding hydrogens is 372 g/mol. The summed E-state index contributed by atoms with van der Waals surface area (Å²) < 4.78 is 2.04. The molecule has 5 aliphatic rings. The van der Waals surface area contributed by atoms with Crippen molar-refractivity contribution >= 4 is 23.5 Å². The van der Waals surface area contributed by atoms with E-state index in [1.54, 1.807) is 0 Å². The lowest BCUT2D eigenvalue weighted by molar-refractivity contribution is -0.143. The fourth-order valence-corrected chi connectivity index (χ4v) is 7.59. The third-order valence-electron chi connectivity index (χ3n) is 7.48. The Morgan fingerprint density at radius 1 is 1.14 bits per heavy atom. The summed E-state index contributed by atoms with van der Waals surface area (Å²) in [5.74, 6) is 3.83. The highest BCUT2D eigenvalue weighted by molar-refractivity contribution is 8.00. The number of nitrogens with two attached hydrogens (primary N) is 1. The van der Waals surface area contributed by atoms with Crippen molar-refractivity contribution in [2.75, 3.05) is 0 Å². The number of aromatic nitrogens is 3. The zero-order valence-electron chi connectivity index (χ0n) is 16.6. The molecular formula is C21H30N4O2S. The van der Waals surface area contributed by atoms with E-state index in [1.165, 1.54) is 31.0 Å². The summed E-state index contributed by atoms with van der Waals surface area (Å²) in [5.41, 5.74) is 5.28. The molecule has 0 aliphatic heterocycles. The van der Waals surface area contributed by atoms with E-state index < -0.39 is 0 Å². The van der Waals surface area contributed by atoms with E-state index in [9.17, 15) is 9.59 Å². The van der Waals surface area contributed by atoms with Gasteiger partial charge in [-0.3, -0.25) is 9.59 Å². The van der Waals surface area contributed by atoms with E-state index in [2.05, 4.69) is 10.2 Å². The van der Waals surface area contributed by atoms with E-state index in [4.69, 9.17) is 5.73 Å². The van der Waals surface area contributed by atoms with Crippen molar-refractivity contribution in [3.05, 3.63) is 5.82 Å². The van der Waals surface area contributed by atoms with Gasteiger partial charge in [0.25, 0.3) is 0 Å². The molecule has 7 heteroatoms. The van der Waals surface area contributed by atoms with Crippen LogP contribution in [0, 0.1) is 23.2 Å². The van der Waals surface area contributed by atoms with Crippen LogP contribution >= 0.6 is 11.8 Å². The largest absolute Gasteiger partial charge is 0.370 e. The quantitative estimate of drug-likeness (QED) is 0.674. The maximum atomic E-state index is 13.6. The predicted octanol–water partition coefficient (Wildman–Crippen LogP) is 3.30. The number of amides is 1. The lowest BCUT2D eigenvalue weighted by Crippen LogP contribution is -2.51. The van der Waals surface area contributed by atoms with E-state index in [0.717, 1.165) is 60.8 Å². The standard InChI is InChI=1S/C21H30N4O2S/c1-12(18(27)21-9-13-6-14(10-21)8-15(7-13)11-21)28-20-24-23-19(16-2-3-16)25(20)5-4-17(22)26/h12-16H,2-11H2,1H3,(H2,22,26)/t12-,13?,14?,15?,21?/m0/s1. The highest BCUT2D eigenvalue weighted by atomic mass is 32.2. The van der Waals surface area contributed by atoms with Crippen LogP contribution in [-0.4, -0.2) is 31.7 Å². The Hall–Kier alpha value is -1.37. The van der Waals surface area contributed by atoms with Gasteiger partial charge < -0.3 is 10.3 Å². The van der Waals surface area contributed by atoms with Gasteiger partial charge in [0.2, 0.25) is 5.91 Å². The molecule has 1 aromatic rings. The highest BCUT2D eigenvalue weighted by Crippen LogP contribution is 2.61. The number of carbonyl (C=O) groups is 2. The van der Waals surface area contributed by atoms with Crippen LogP contribution in [-0.2, 0) is 16.1 Å². The maximum Gasteiger partial charge on any atom is 0.219 e. The van der Waals surface area contributed by atoms with Crippen LogP contribution in [0.25, 0.3) is 0 Å². The van der Waals surface area contributed by atoms with Crippen molar-refractivity contribution in [3.8, 4) is 0 Å². The van der Waals surface area contributed by atoms with Gasteiger partial charge in [-0.25, -0.2) is 0 Å². The van der Waals surface area contributed by atoms with Gasteiger partial charge in [-0.1, -0.05) is 11.8 Å². The van der Waals surface area contributed by atoms with Crippen LogP contribution in [0.15, 0.2) is 5.16 Å². The molecule has 1 heterocycles. The number of rotatable bonds is 8. The summed E-state index contributed by atoms with van der Waals surface area (Å²) in [5, 5.41) is 9.43. The zero-order valence-corrected chi connectivity index (χ0v) is 17.4. The van der Waals surface area contributed by atoms with Crippen LogP contribution in [0.2, 0.25) is 0 Å². The average molecular weight is 403 g/mol. The Labute approximate surface area is 170 Å². The Bertz CT molecular complexity index is 765. The first-order chi connectivity index (χ1) is 13.4. The molecule has 5 aliphatic carbocycles. The number of hydrogen-bond donors (Lipinski definition) is 1. The molecule has 5 fully saturated rings. The Kier molecular flexibility index (Phi) is 4.56. The number of hydrogen-bond acceptors (Lipinski definition) is 5. The van der Waals surface area contributed by atoms with Gasteiger partial charge in [-0.15, -0.1) is 10.2 Å². The van der Waals surface area contributed by atoms with Crippen molar-refractivity contribution in [3.63, 3.8) is 0 Å². The first-order valence-corrected chi connectivity index (χ1v) is 11.7. The number of thioether (sulfide) groups is 1. The Balaban J connectivity index is 1.33. The molecule has 0 radical (unpaired) electrons. The van der Waals surface area contributed by atoms with Gasteiger partial charge in [0.1, 0.15) is 5.82 Å². The smallest absolute Gasteiger partial charge is 0.219 e. The fraction of sp³-hybridized carbons (Fsp3) is 0.810. The van der Waals surface area contributed by atoms with E-state index in [1.807, 2.05) is 11.5 Å². The third-order valence-corrected chi connectivity index (χ3v) is 8.56. The minimum atomic E-state index is -0.316. The van der Waals surface area contributed by atoms with Gasteiger partial charge >= 0.3 is 0 Å². The number of Topliss-reactive ketones (excluding diaryl/α,β-unsaturated/α-hetero) is 1. The van der Waals surface area contributed by atoms with Crippen LogP contribution in [0.4, 0.5) is 0 Å². The second-order valence-electron chi connectivity index (χ2n) is 9.81. The lowest BCUT2D eigenvalue weighted by Gasteiger charge is -2.56. The second kappa shape index (κ2) is 6.85. The molecule has 152 valence electrons. The van der Waals surface area contributed by atoms with Gasteiger partial charge in [-0.05, 0) is 76.0 Å². The van der Waals surface area contributed by atoms with Gasteiger partial charge in [-0.2, -0.15) is 0 Å². The molecule has 6 nitrogen and oxygen atoms in total. The molecule has 0 unspecified atom stereocenters. The molecule has 1 amide bonds. The van der Waals surface area contributed by atoms with Crippen molar-refractivity contribution in [1.82, 2.24) is 14.8 Å². The fourth-order valence-electron chi connectivity index (χ4n) is 6.52. The van der Waals surface area contributed by atoms with E-state index in [-0.39, 0.29) is 23.0 Å². The third kappa shape index (κ3) is 3.29. The van der Waals surface area contributed by atoms with E-state index >= 15 is 0 Å². The molecule has 0 spiro atoms. The molecule has 0 aromatic carbocycles. The number of carbonyl (C=O) groups excluding carboxylic acids is 2. The van der Waals surface area contributed by atoms with Crippen LogP contribution in [0.1, 0.15) is 76.5 Å². The second-order valence-corrected chi connectivity index (χ2v) is 11.1. The van der Waals surface area contributed by atoms with Crippen molar-refractivity contribution in [2.24, 2.45) is 28.9 Å². The lowest BCUT2D eigenvalue weighted by atomic mass is 9.48. The minimum Gasteiger partial charge on any atom is -0.370 e. The minimum absolute atomic E-state index is 0.0848.